The SMILES string of the molecule is COC(=O)c1ccc(N2CCCCS2(=O)=O)c(Cl)c1. The Kier molecular flexibility index (Phi) is 4.01. The molecule has 19 heavy (non-hydrogen) atoms. The average Bonchev–Trinajstić information content (AvgIpc) is 2.38. The zero-order valence-corrected chi connectivity index (χ0v) is 12.0. The topological polar surface area (TPSA) is 63.7 Å². The van der Waals surface area contributed by atoms with E-state index in [0.717, 1.165) is 6.42 Å². The molecule has 0 atom stereocenters. The van der Waals surface area contributed by atoms with Crippen LogP contribution < -0.4 is 4.31 Å². The van der Waals surface area contributed by atoms with Crippen molar-refractivity contribution < 1.29 is 17.9 Å². The molecule has 1 aromatic carbocycles. The molecule has 0 unspecified atom stereocenters. The Balaban J connectivity index is 2.38. The number of hydrogen-bond donors (Lipinski definition) is 0. The first kappa shape index (κ1) is 14.1. The molecule has 104 valence electrons. The Morgan fingerprint density at radius 1 is 1.37 bits per heavy atom. The number of carbonyl (C=O) groups is 1. The maximum Gasteiger partial charge on any atom is 0.337 e. The van der Waals surface area contributed by atoms with E-state index in [4.69, 9.17) is 11.6 Å². The van der Waals surface area contributed by atoms with Gasteiger partial charge >= 0.3 is 5.97 Å². The van der Waals surface area contributed by atoms with Crippen LogP contribution in [-0.4, -0.2) is 33.8 Å². The third-order valence-corrected chi connectivity index (χ3v) is 5.14. The van der Waals surface area contributed by atoms with Crippen LogP contribution in [0.25, 0.3) is 0 Å². The van der Waals surface area contributed by atoms with Gasteiger partial charge in [0.25, 0.3) is 0 Å². The van der Waals surface area contributed by atoms with Crippen LogP contribution in [0.2, 0.25) is 5.02 Å². The second-order valence-electron chi connectivity index (χ2n) is 4.25. The summed E-state index contributed by atoms with van der Waals surface area (Å²) in [6.45, 7) is 0.416. The van der Waals surface area contributed by atoms with Crippen LogP contribution in [0.15, 0.2) is 18.2 Å². The summed E-state index contributed by atoms with van der Waals surface area (Å²) >= 11 is 6.08. The first-order valence-corrected chi connectivity index (χ1v) is 7.83. The van der Waals surface area contributed by atoms with Gasteiger partial charge in [0.15, 0.2) is 0 Å². The van der Waals surface area contributed by atoms with Crippen molar-refractivity contribution in [3.05, 3.63) is 28.8 Å². The number of ether oxygens (including phenoxy) is 1. The summed E-state index contributed by atoms with van der Waals surface area (Å²) < 4.78 is 29.9. The number of sulfonamides is 1. The van der Waals surface area contributed by atoms with Crippen LogP contribution in [0.1, 0.15) is 23.2 Å². The molecule has 1 fully saturated rings. The smallest absolute Gasteiger partial charge is 0.337 e. The summed E-state index contributed by atoms with van der Waals surface area (Å²) in [6, 6.07) is 4.47. The van der Waals surface area contributed by atoms with Gasteiger partial charge in [-0.2, -0.15) is 0 Å². The van der Waals surface area contributed by atoms with E-state index in [1.54, 1.807) is 0 Å². The molecule has 5 nitrogen and oxygen atoms in total. The molecule has 1 aliphatic rings. The second kappa shape index (κ2) is 5.38. The lowest BCUT2D eigenvalue weighted by molar-refractivity contribution is 0.0601. The predicted molar refractivity (Wildman–Crippen MR) is 73.2 cm³/mol. The van der Waals surface area contributed by atoms with Gasteiger partial charge in [-0.25, -0.2) is 13.2 Å². The van der Waals surface area contributed by atoms with Gasteiger partial charge in [0, 0.05) is 6.54 Å². The van der Waals surface area contributed by atoms with Gasteiger partial charge in [-0.05, 0) is 31.0 Å². The number of rotatable bonds is 2. The number of nitrogens with zero attached hydrogens (tertiary/aromatic N) is 1. The highest BCUT2D eigenvalue weighted by molar-refractivity contribution is 7.92. The molecule has 0 saturated carbocycles. The predicted octanol–water partition coefficient (Wildman–Crippen LogP) is 2.06. The maximum atomic E-state index is 12.0. The normalized spacial score (nSPS) is 18.1. The summed E-state index contributed by atoms with van der Waals surface area (Å²) in [5, 5.41) is 0.230. The number of carbonyl (C=O) groups excluding carboxylic acids is 1. The standard InChI is InChI=1S/C12H14ClNO4S/c1-18-12(15)9-4-5-11(10(13)8-9)14-6-2-3-7-19(14,16)17/h4-5,8H,2-3,6-7H2,1H3. The fourth-order valence-electron chi connectivity index (χ4n) is 2.01. The molecule has 1 aromatic rings. The molecule has 0 amide bonds. The molecule has 0 N–H and O–H groups in total. The fraction of sp³-hybridized carbons (Fsp3) is 0.417. The first-order chi connectivity index (χ1) is 8.95. The summed E-state index contributed by atoms with van der Waals surface area (Å²) in [5.74, 6) is -0.378. The van der Waals surface area contributed by atoms with Gasteiger partial charge in [-0.1, -0.05) is 11.6 Å². The Bertz CT molecular complexity index is 600. The molecule has 0 spiro atoms. The molecule has 0 aliphatic carbocycles. The van der Waals surface area contributed by atoms with E-state index in [2.05, 4.69) is 4.74 Å². The summed E-state index contributed by atoms with van der Waals surface area (Å²) in [5.41, 5.74) is 0.708. The number of anilines is 1. The van der Waals surface area contributed by atoms with E-state index in [1.165, 1.54) is 29.6 Å². The lowest BCUT2D eigenvalue weighted by Gasteiger charge is -2.29. The number of hydrogen-bond acceptors (Lipinski definition) is 4. The molecule has 0 bridgehead atoms. The average molecular weight is 304 g/mol. The molecule has 7 heteroatoms. The van der Waals surface area contributed by atoms with Crippen molar-refractivity contribution in [2.24, 2.45) is 0 Å². The third-order valence-electron chi connectivity index (χ3n) is 2.99. The highest BCUT2D eigenvalue weighted by atomic mass is 35.5. The van der Waals surface area contributed by atoms with Crippen LogP contribution in [0.4, 0.5) is 5.69 Å². The van der Waals surface area contributed by atoms with Crippen molar-refractivity contribution in [2.45, 2.75) is 12.8 Å². The lowest BCUT2D eigenvalue weighted by Crippen LogP contribution is -2.38. The molecular formula is C12H14ClNO4S. The van der Waals surface area contributed by atoms with Crippen LogP contribution >= 0.6 is 11.6 Å². The van der Waals surface area contributed by atoms with E-state index < -0.39 is 16.0 Å². The third kappa shape index (κ3) is 2.84. The van der Waals surface area contributed by atoms with Gasteiger partial charge in [-0.3, -0.25) is 4.31 Å². The largest absolute Gasteiger partial charge is 0.465 e. The van der Waals surface area contributed by atoms with Gasteiger partial charge in [0.2, 0.25) is 10.0 Å². The lowest BCUT2D eigenvalue weighted by atomic mass is 10.2. The molecule has 0 radical (unpaired) electrons. The first-order valence-electron chi connectivity index (χ1n) is 5.84. The highest BCUT2D eigenvalue weighted by Gasteiger charge is 2.27. The van der Waals surface area contributed by atoms with E-state index in [1.807, 2.05) is 0 Å². The Labute approximate surface area is 117 Å². The molecule has 1 heterocycles. The van der Waals surface area contributed by atoms with Gasteiger partial charge < -0.3 is 4.74 Å². The number of benzene rings is 1. The molecule has 0 aromatic heterocycles. The number of halogens is 1. The van der Waals surface area contributed by atoms with Crippen molar-refractivity contribution >= 4 is 33.3 Å². The number of methoxy groups -OCH3 is 1. The summed E-state index contributed by atoms with van der Waals surface area (Å²) in [7, 11) is -2.03. The van der Waals surface area contributed by atoms with Crippen molar-refractivity contribution in [3.8, 4) is 0 Å². The Morgan fingerprint density at radius 3 is 2.68 bits per heavy atom. The minimum Gasteiger partial charge on any atom is -0.465 e. The van der Waals surface area contributed by atoms with Crippen molar-refractivity contribution in [1.29, 1.82) is 0 Å². The molecule has 2 rings (SSSR count). The quantitative estimate of drug-likeness (QED) is 0.785. The van der Waals surface area contributed by atoms with E-state index in [0.29, 0.717) is 24.2 Å². The highest BCUT2D eigenvalue weighted by Crippen LogP contribution is 2.31. The zero-order chi connectivity index (χ0) is 14.0. The zero-order valence-electron chi connectivity index (χ0n) is 10.4. The van der Waals surface area contributed by atoms with Crippen molar-refractivity contribution in [3.63, 3.8) is 0 Å². The second-order valence-corrected chi connectivity index (χ2v) is 6.67. The Hall–Kier alpha value is -1.27. The van der Waals surface area contributed by atoms with Crippen LogP contribution in [0, 0.1) is 0 Å². The van der Waals surface area contributed by atoms with Crippen molar-refractivity contribution in [1.82, 2.24) is 0 Å². The minimum atomic E-state index is -3.31. The van der Waals surface area contributed by atoms with E-state index in [-0.39, 0.29) is 10.8 Å². The minimum absolute atomic E-state index is 0.127. The molecule has 1 saturated heterocycles. The van der Waals surface area contributed by atoms with Crippen LogP contribution in [-0.2, 0) is 14.8 Å². The fourth-order valence-corrected chi connectivity index (χ4v) is 4.00. The Morgan fingerprint density at radius 2 is 2.11 bits per heavy atom. The van der Waals surface area contributed by atoms with Crippen LogP contribution in [0.5, 0.6) is 0 Å². The summed E-state index contributed by atoms with van der Waals surface area (Å²) in [4.78, 5) is 11.4. The van der Waals surface area contributed by atoms with Crippen molar-refractivity contribution in [2.75, 3.05) is 23.7 Å². The van der Waals surface area contributed by atoms with E-state index >= 15 is 0 Å². The van der Waals surface area contributed by atoms with Gasteiger partial charge in [0.1, 0.15) is 0 Å². The van der Waals surface area contributed by atoms with E-state index in [9.17, 15) is 13.2 Å². The monoisotopic (exact) mass is 303 g/mol. The summed E-state index contributed by atoms with van der Waals surface area (Å²) in [6.07, 6.45) is 1.46. The molecule has 1 aliphatic heterocycles. The van der Waals surface area contributed by atoms with Gasteiger partial charge in [0.05, 0.1) is 29.1 Å². The molecular weight excluding hydrogens is 290 g/mol. The maximum absolute atomic E-state index is 12.0. The number of esters is 1. The van der Waals surface area contributed by atoms with Gasteiger partial charge in [-0.15, -0.1) is 0 Å². The van der Waals surface area contributed by atoms with Crippen LogP contribution in [0.3, 0.4) is 0 Å².